The Morgan fingerprint density at radius 2 is 2.00 bits per heavy atom. The number of hydrogen-bond acceptors (Lipinski definition) is 4. The van der Waals surface area contributed by atoms with Gasteiger partial charge in [-0.05, 0) is 50.7 Å². The predicted molar refractivity (Wildman–Crippen MR) is 103 cm³/mol. The van der Waals surface area contributed by atoms with Crippen molar-refractivity contribution in [3.63, 3.8) is 0 Å². The van der Waals surface area contributed by atoms with Crippen LogP contribution in [-0.4, -0.2) is 36.2 Å². The van der Waals surface area contributed by atoms with Crippen LogP contribution >= 0.6 is 0 Å². The van der Waals surface area contributed by atoms with Gasteiger partial charge >= 0.3 is 0 Å². The number of anilines is 1. The molecule has 27 heavy (non-hydrogen) atoms. The highest BCUT2D eigenvalue weighted by molar-refractivity contribution is 5.95. The van der Waals surface area contributed by atoms with Crippen molar-refractivity contribution < 1.29 is 24.8 Å². The smallest absolute Gasteiger partial charge is 0.282 e. The van der Waals surface area contributed by atoms with E-state index in [1.54, 1.807) is 5.48 Å². The first-order valence-electron chi connectivity index (χ1n) is 9.99. The second-order valence-electron chi connectivity index (χ2n) is 7.01. The molecule has 0 saturated carbocycles. The molecule has 7 heteroatoms. The molecule has 1 atom stereocenters. The number of hydrogen-bond donors (Lipinski definition) is 4. The third kappa shape index (κ3) is 7.97. The fraction of sp³-hybridized carbons (Fsp3) is 0.600. The van der Waals surface area contributed by atoms with Gasteiger partial charge in [-0.2, -0.15) is 0 Å². The van der Waals surface area contributed by atoms with Gasteiger partial charge < -0.3 is 15.4 Å². The number of amides is 2. The molecule has 0 fully saturated rings. The van der Waals surface area contributed by atoms with Crippen LogP contribution < -0.4 is 20.9 Å². The van der Waals surface area contributed by atoms with E-state index in [0.29, 0.717) is 19.4 Å². The minimum Gasteiger partial charge on any atom is -0.491 e. The van der Waals surface area contributed by atoms with E-state index < -0.39 is 0 Å². The van der Waals surface area contributed by atoms with E-state index in [1.807, 2.05) is 24.3 Å². The summed E-state index contributed by atoms with van der Waals surface area (Å²) in [6, 6.07) is 7.42. The first kappa shape index (κ1) is 21.2. The minimum atomic E-state index is -0.363. The molecule has 1 aromatic carbocycles. The van der Waals surface area contributed by atoms with Gasteiger partial charge in [-0.25, -0.2) is 5.48 Å². The molecule has 0 aliphatic carbocycles. The zero-order chi connectivity index (χ0) is 19.3. The zero-order valence-electron chi connectivity index (χ0n) is 15.9. The summed E-state index contributed by atoms with van der Waals surface area (Å²) >= 11 is 0. The topological polar surface area (TPSA) is 104 Å². The summed E-state index contributed by atoms with van der Waals surface area (Å²) in [7, 11) is 0. The molecule has 0 bridgehead atoms. The molecule has 1 heterocycles. The first-order chi connectivity index (χ1) is 13.2. The fourth-order valence-electron chi connectivity index (χ4n) is 3.26. The van der Waals surface area contributed by atoms with Crippen molar-refractivity contribution in [1.29, 1.82) is 0 Å². The average molecular weight is 378 g/mol. The molecule has 1 aliphatic heterocycles. The normalized spacial score (nSPS) is 18.7. The number of nitrogens with two attached hydrogens (primary N) is 1. The molecule has 1 aromatic rings. The zero-order valence-corrected chi connectivity index (χ0v) is 15.9. The number of nitrogens with one attached hydrogen (secondary N) is 2. The van der Waals surface area contributed by atoms with Crippen LogP contribution in [-0.2, 0) is 9.59 Å². The summed E-state index contributed by atoms with van der Waals surface area (Å²) in [6.07, 6.45) is 7.88. The van der Waals surface area contributed by atoms with Gasteiger partial charge in [0.25, 0.3) is 5.91 Å². The Morgan fingerprint density at radius 3 is 2.85 bits per heavy atom. The molecule has 0 aromatic heterocycles. The fourth-order valence-corrected chi connectivity index (χ4v) is 3.26. The molecule has 1 unspecified atom stereocenters. The summed E-state index contributed by atoms with van der Waals surface area (Å²) in [5, 5.41) is 13.7. The number of quaternary nitrogens is 1. The Balaban J connectivity index is 1.92. The largest absolute Gasteiger partial charge is 0.491 e. The number of rotatable bonds is 6. The number of hydroxylamine groups is 1. The number of benzene rings is 1. The minimum absolute atomic E-state index is 0.00148. The molecule has 0 radical (unpaired) electrons. The van der Waals surface area contributed by atoms with Crippen LogP contribution in [0.4, 0.5) is 5.69 Å². The molecule has 5 N–H and O–H groups in total. The van der Waals surface area contributed by atoms with E-state index in [0.717, 1.165) is 62.9 Å². The monoisotopic (exact) mass is 378 g/mol. The molecule has 2 amide bonds. The van der Waals surface area contributed by atoms with Gasteiger partial charge in [0, 0.05) is 12.8 Å². The Bertz CT molecular complexity index is 594. The lowest BCUT2D eigenvalue weighted by Gasteiger charge is -2.17. The Kier molecular flexibility index (Phi) is 9.65. The maximum absolute atomic E-state index is 12.8. The van der Waals surface area contributed by atoms with Crippen molar-refractivity contribution in [1.82, 2.24) is 5.48 Å². The van der Waals surface area contributed by atoms with Gasteiger partial charge in [0.2, 0.25) is 5.91 Å². The summed E-state index contributed by atoms with van der Waals surface area (Å²) < 4.78 is 5.85. The Hall–Kier alpha value is -2.12. The number of fused-ring (bicyclic) bond motifs is 1. The first-order valence-corrected chi connectivity index (χ1v) is 9.99. The van der Waals surface area contributed by atoms with Gasteiger partial charge in [-0.1, -0.05) is 18.6 Å². The average Bonchev–Trinajstić information content (AvgIpc) is 2.69. The third-order valence-electron chi connectivity index (χ3n) is 4.83. The number of unbranched alkanes of at least 4 members (excludes halogenated alkanes) is 2. The summed E-state index contributed by atoms with van der Waals surface area (Å²) in [5.41, 5.74) is 2.37. The molecular weight excluding hydrogens is 346 g/mol. The van der Waals surface area contributed by atoms with Crippen LogP contribution in [0.25, 0.3) is 0 Å². The summed E-state index contributed by atoms with van der Waals surface area (Å²) in [4.78, 5) is 23.8. The van der Waals surface area contributed by atoms with E-state index in [9.17, 15) is 9.59 Å². The van der Waals surface area contributed by atoms with E-state index in [-0.39, 0.29) is 17.9 Å². The van der Waals surface area contributed by atoms with Gasteiger partial charge in [-0.3, -0.25) is 14.8 Å². The summed E-state index contributed by atoms with van der Waals surface area (Å²) in [6.45, 7) is 1.61. The van der Waals surface area contributed by atoms with Crippen molar-refractivity contribution in [2.24, 2.45) is 0 Å². The third-order valence-corrected chi connectivity index (χ3v) is 4.83. The van der Waals surface area contributed by atoms with Crippen LogP contribution in [0.1, 0.15) is 57.8 Å². The molecule has 0 saturated heterocycles. The standard InChI is InChI=1S/C20H31N3O4/c24-19(23-26)13-5-3-4-11-17-20(25)22-16-10-6-7-12-18(16)27-15-9-2-1-8-14-21-17/h6-7,10,12,17,21,26H,1-5,8-9,11,13-15H2,(H,22,25)(H,23,24)/p+1. The highest BCUT2D eigenvalue weighted by Gasteiger charge is 2.22. The van der Waals surface area contributed by atoms with E-state index in [4.69, 9.17) is 9.94 Å². The Morgan fingerprint density at radius 1 is 1.19 bits per heavy atom. The lowest BCUT2D eigenvalue weighted by molar-refractivity contribution is -0.677. The van der Waals surface area contributed by atoms with Crippen LogP contribution in [0.15, 0.2) is 24.3 Å². The van der Waals surface area contributed by atoms with Gasteiger partial charge in [0.15, 0.2) is 6.04 Å². The van der Waals surface area contributed by atoms with Crippen LogP contribution in [0.3, 0.4) is 0 Å². The number of ether oxygens (including phenoxy) is 1. The molecule has 150 valence electrons. The van der Waals surface area contributed by atoms with Gasteiger partial charge in [0.1, 0.15) is 5.75 Å². The van der Waals surface area contributed by atoms with Crippen molar-refractivity contribution in [2.75, 3.05) is 18.5 Å². The molecular formula is C20H32N3O4+. The van der Waals surface area contributed by atoms with E-state index in [2.05, 4.69) is 10.6 Å². The lowest BCUT2D eigenvalue weighted by atomic mass is 10.1. The maximum Gasteiger partial charge on any atom is 0.282 e. The predicted octanol–water partition coefficient (Wildman–Crippen LogP) is 1.97. The Labute approximate surface area is 160 Å². The van der Waals surface area contributed by atoms with Gasteiger partial charge in [0.05, 0.1) is 18.8 Å². The van der Waals surface area contributed by atoms with Crippen molar-refractivity contribution >= 4 is 17.5 Å². The number of para-hydroxylation sites is 2. The van der Waals surface area contributed by atoms with Crippen molar-refractivity contribution in [3.8, 4) is 5.75 Å². The molecule has 2 rings (SSSR count). The highest BCUT2D eigenvalue weighted by Crippen LogP contribution is 2.24. The van der Waals surface area contributed by atoms with E-state index >= 15 is 0 Å². The molecule has 0 spiro atoms. The van der Waals surface area contributed by atoms with Crippen LogP contribution in [0.5, 0.6) is 5.75 Å². The number of carbonyl (C=O) groups excluding carboxylic acids is 2. The SMILES string of the molecule is O=C(CCCCCC1[NH2+]CCCCCCOc2ccccc2NC1=O)NO. The molecule has 1 aliphatic rings. The van der Waals surface area contributed by atoms with E-state index in [1.165, 1.54) is 0 Å². The summed E-state index contributed by atoms with van der Waals surface area (Å²) in [5.74, 6) is 0.357. The van der Waals surface area contributed by atoms with Crippen LogP contribution in [0.2, 0.25) is 0 Å². The second kappa shape index (κ2) is 12.3. The second-order valence-corrected chi connectivity index (χ2v) is 7.01. The highest BCUT2D eigenvalue weighted by atomic mass is 16.5. The maximum atomic E-state index is 12.8. The van der Waals surface area contributed by atoms with Gasteiger partial charge in [-0.15, -0.1) is 0 Å². The lowest BCUT2D eigenvalue weighted by Crippen LogP contribution is -2.92. The number of carbonyl (C=O) groups is 2. The molecule has 7 nitrogen and oxygen atoms in total. The van der Waals surface area contributed by atoms with Crippen LogP contribution in [0, 0.1) is 0 Å². The van der Waals surface area contributed by atoms with Crippen molar-refractivity contribution in [3.05, 3.63) is 24.3 Å². The van der Waals surface area contributed by atoms with Crippen molar-refractivity contribution in [2.45, 2.75) is 63.8 Å². The quantitative estimate of drug-likeness (QED) is 0.345.